The molecule has 28 heavy (non-hydrogen) atoms. The van der Waals surface area contributed by atoms with Crippen LogP contribution in [0.15, 0.2) is 48.5 Å². The first kappa shape index (κ1) is 18.9. The van der Waals surface area contributed by atoms with Crippen molar-refractivity contribution in [1.82, 2.24) is 14.5 Å². The Morgan fingerprint density at radius 1 is 1.00 bits per heavy atom. The van der Waals surface area contributed by atoms with Crippen LogP contribution in [0.5, 0.6) is 0 Å². The van der Waals surface area contributed by atoms with Crippen molar-refractivity contribution in [3.05, 3.63) is 59.9 Å². The highest BCUT2D eigenvalue weighted by Gasteiger charge is 2.13. The topological polar surface area (TPSA) is 21.1 Å². The van der Waals surface area contributed by atoms with Gasteiger partial charge >= 0.3 is 0 Å². The van der Waals surface area contributed by atoms with Crippen molar-refractivity contribution in [3.8, 4) is 11.1 Å². The Labute approximate surface area is 168 Å². The molecule has 0 bridgehead atoms. The number of fused-ring (bicyclic) bond motifs is 1. The SMILES string of the molecule is Cc1nc2c(-c3ccc(C4=CCCCC4)cc3)cccc2n1CCCN(C)C. The zero-order valence-electron chi connectivity index (χ0n) is 17.4. The summed E-state index contributed by atoms with van der Waals surface area (Å²) in [4.78, 5) is 7.18. The van der Waals surface area contributed by atoms with Crippen LogP contribution in [0.3, 0.4) is 0 Å². The third-order valence-electron chi connectivity index (χ3n) is 5.81. The van der Waals surface area contributed by atoms with Gasteiger partial charge in [0.2, 0.25) is 0 Å². The molecule has 1 heterocycles. The van der Waals surface area contributed by atoms with Crippen molar-refractivity contribution < 1.29 is 0 Å². The molecule has 1 aliphatic rings. The van der Waals surface area contributed by atoms with E-state index < -0.39 is 0 Å². The van der Waals surface area contributed by atoms with E-state index in [9.17, 15) is 0 Å². The molecule has 0 fully saturated rings. The molecule has 3 aromatic rings. The Morgan fingerprint density at radius 3 is 2.50 bits per heavy atom. The summed E-state index contributed by atoms with van der Waals surface area (Å²) in [6, 6.07) is 15.7. The molecule has 0 spiro atoms. The first-order valence-corrected chi connectivity index (χ1v) is 10.5. The molecule has 0 aliphatic heterocycles. The Morgan fingerprint density at radius 2 is 1.79 bits per heavy atom. The average Bonchev–Trinajstić information content (AvgIpc) is 3.04. The van der Waals surface area contributed by atoms with Gasteiger partial charge in [-0.2, -0.15) is 0 Å². The van der Waals surface area contributed by atoms with Gasteiger partial charge in [0.15, 0.2) is 0 Å². The van der Waals surface area contributed by atoms with Crippen LogP contribution >= 0.6 is 0 Å². The number of nitrogens with zero attached hydrogens (tertiary/aromatic N) is 3. The van der Waals surface area contributed by atoms with Gasteiger partial charge in [-0.1, -0.05) is 42.5 Å². The summed E-state index contributed by atoms with van der Waals surface area (Å²) in [6.45, 7) is 4.23. The van der Waals surface area contributed by atoms with Crippen LogP contribution in [0.4, 0.5) is 0 Å². The highest BCUT2D eigenvalue weighted by atomic mass is 15.1. The monoisotopic (exact) mass is 373 g/mol. The molecule has 1 aliphatic carbocycles. The van der Waals surface area contributed by atoms with Crippen molar-refractivity contribution in [2.45, 2.75) is 45.6 Å². The lowest BCUT2D eigenvalue weighted by molar-refractivity contribution is 0.387. The van der Waals surface area contributed by atoms with E-state index >= 15 is 0 Å². The third kappa shape index (κ3) is 3.90. The van der Waals surface area contributed by atoms with Crippen molar-refractivity contribution in [2.24, 2.45) is 0 Å². The second-order valence-corrected chi connectivity index (χ2v) is 8.19. The molecular formula is C25H31N3. The summed E-state index contributed by atoms with van der Waals surface area (Å²) < 4.78 is 2.36. The number of benzene rings is 2. The minimum Gasteiger partial charge on any atom is -0.328 e. The quantitative estimate of drug-likeness (QED) is 0.535. The van der Waals surface area contributed by atoms with Gasteiger partial charge in [0.25, 0.3) is 0 Å². The van der Waals surface area contributed by atoms with Crippen LogP contribution in [-0.4, -0.2) is 35.1 Å². The molecule has 0 N–H and O–H groups in total. The first-order chi connectivity index (χ1) is 13.6. The van der Waals surface area contributed by atoms with Crippen molar-refractivity contribution in [3.63, 3.8) is 0 Å². The number of rotatable bonds is 6. The first-order valence-electron chi connectivity index (χ1n) is 10.5. The molecule has 146 valence electrons. The molecule has 3 heteroatoms. The maximum atomic E-state index is 4.94. The molecule has 0 unspecified atom stereocenters. The minimum atomic E-state index is 1.01. The van der Waals surface area contributed by atoms with Gasteiger partial charge in [0, 0.05) is 12.1 Å². The van der Waals surface area contributed by atoms with Crippen LogP contribution in [0, 0.1) is 6.92 Å². The summed E-state index contributed by atoms with van der Waals surface area (Å²) in [6.07, 6.45) is 8.63. The fourth-order valence-corrected chi connectivity index (χ4v) is 4.29. The number of imidazole rings is 1. The second kappa shape index (κ2) is 8.32. The standard InChI is InChI=1S/C25H31N3/c1-19-26-25-23(11-7-12-24(25)28(19)18-8-17-27(2)3)22-15-13-21(14-16-22)20-9-5-4-6-10-20/h7,9,11-16H,4-6,8,10,17-18H2,1-3H3. The van der Waals surface area contributed by atoms with Gasteiger partial charge in [-0.3, -0.25) is 0 Å². The van der Waals surface area contributed by atoms with E-state index in [2.05, 4.69) is 79.0 Å². The molecule has 3 nitrogen and oxygen atoms in total. The number of para-hydroxylation sites is 1. The van der Waals surface area contributed by atoms with E-state index in [0.717, 1.165) is 30.9 Å². The van der Waals surface area contributed by atoms with E-state index in [0.29, 0.717) is 0 Å². The summed E-state index contributed by atoms with van der Waals surface area (Å²) in [7, 11) is 4.26. The number of hydrogen-bond acceptors (Lipinski definition) is 2. The molecule has 0 radical (unpaired) electrons. The molecule has 0 saturated carbocycles. The lowest BCUT2D eigenvalue weighted by Gasteiger charge is -2.13. The van der Waals surface area contributed by atoms with Gasteiger partial charge in [0.05, 0.1) is 11.0 Å². The van der Waals surface area contributed by atoms with Gasteiger partial charge in [0.1, 0.15) is 5.82 Å². The Balaban J connectivity index is 1.64. The van der Waals surface area contributed by atoms with Crippen LogP contribution in [0.25, 0.3) is 27.7 Å². The van der Waals surface area contributed by atoms with Gasteiger partial charge in [-0.25, -0.2) is 4.98 Å². The lowest BCUT2D eigenvalue weighted by atomic mass is 9.92. The normalized spacial score (nSPS) is 14.6. The minimum absolute atomic E-state index is 1.01. The van der Waals surface area contributed by atoms with E-state index in [1.165, 1.54) is 53.5 Å². The molecule has 1 aromatic heterocycles. The van der Waals surface area contributed by atoms with Crippen LogP contribution in [0.1, 0.15) is 43.5 Å². The predicted molar refractivity (Wildman–Crippen MR) is 120 cm³/mol. The van der Waals surface area contributed by atoms with E-state index in [1.807, 2.05) is 0 Å². The van der Waals surface area contributed by atoms with Crippen molar-refractivity contribution in [2.75, 3.05) is 20.6 Å². The highest BCUT2D eigenvalue weighted by Crippen LogP contribution is 2.32. The third-order valence-corrected chi connectivity index (χ3v) is 5.81. The maximum absolute atomic E-state index is 4.94. The summed E-state index contributed by atoms with van der Waals surface area (Å²) >= 11 is 0. The molecule has 0 atom stereocenters. The van der Waals surface area contributed by atoms with Gasteiger partial charge < -0.3 is 9.47 Å². The zero-order valence-corrected chi connectivity index (χ0v) is 17.4. The zero-order chi connectivity index (χ0) is 19.5. The Kier molecular flexibility index (Phi) is 5.63. The van der Waals surface area contributed by atoms with Crippen molar-refractivity contribution >= 4 is 16.6 Å². The molecule has 4 rings (SSSR count). The van der Waals surface area contributed by atoms with E-state index in [-0.39, 0.29) is 0 Å². The maximum Gasteiger partial charge on any atom is 0.106 e. The highest BCUT2D eigenvalue weighted by molar-refractivity contribution is 5.92. The Bertz CT molecular complexity index is 977. The van der Waals surface area contributed by atoms with E-state index in [1.54, 1.807) is 0 Å². The average molecular weight is 374 g/mol. The van der Waals surface area contributed by atoms with E-state index in [4.69, 9.17) is 4.98 Å². The number of aryl methyl sites for hydroxylation is 2. The number of hydrogen-bond donors (Lipinski definition) is 0. The smallest absolute Gasteiger partial charge is 0.106 e. The second-order valence-electron chi connectivity index (χ2n) is 8.19. The van der Waals surface area contributed by atoms with Crippen molar-refractivity contribution in [1.29, 1.82) is 0 Å². The molecule has 2 aromatic carbocycles. The Hall–Kier alpha value is -2.39. The van der Waals surface area contributed by atoms with Crippen LogP contribution in [0.2, 0.25) is 0 Å². The van der Waals surface area contributed by atoms with Crippen LogP contribution < -0.4 is 0 Å². The van der Waals surface area contributed by atoms with Crippen LogP contribution in [-0.2, 0) is 6.54 Å². The summed E-state index contributed by atoms with van der Waals surface area (Å²) in [5.74, 6) is 1.10. The fourth-order valence-electron chi connectivity index (χ4n) is 4.29. The summed E-state index contributed by atoms with van der Waals surface area (Å²) in [5.41, 5.74) is 7.74. The van der Waals surface area contributed by atoms with Gasteiger partial charge in [-0.05, 0) is 82.4 Å². The lowest BCUT2D eigenvalue weighted by Crippen LogP contribution is -2.15. The largest absolute Gasteiger partial charge is 0.328 e. The predicted octanol–water partition coefficient (Wildman–Crippen LogP) is 5.92. The molecule has 0 saturated heterocycles. The molecular weight excluding hydrogens is 342 g/mol. The van der Waals surface area contributed by atoms with Gasteiger partial charge in [-0.15, -0.1) is 0 Å². The number of allylic oxidation sites excluding steroid dienone is 2. The summed E-state index contributed by atoms with van der Waals surface area (Å²) in [5, 5.41) is 0. The fraction of sp³-hybridized carbons (Fsp3) is 0.400. The number of aromatic nitrogens is 2. The molecule has 0 amide bonds.